The van der Waals surface area contributed by atoms with E-state index in [0.29, 0.717) is 34.6 Å². The van der Waals surface area contributed by atoms with Crippen LogP contribution in [0.4, 0.5) is 17.2 Å². The molecule has 1 aliphatic rings. The van der Waals surface area contributed by atoms with Gasteiger partial charge in [-0.05, 0) is 93.4 Å². The molecule has 8 heteroatoms. The maximum atomic E-state index is 11.7. The molecule has 38 heavy (non-hydrogen) atoms. The summed E-state index contributed by atoms with van der Waals surface area (Å²) < 4.78 is 12.1. The Morgan fingerprint density at radius 3 is 2.74 bits per heavy atom. The number of likely N-dealkylation sites (tertiary alicyclic amines) is 1. The quantitative estimate of drug-likeness (QED) is 0.239. The highest BCUT2D eigenvalue weighted by atomic mass is 16.5. The summed E-state index contributed by atoms with van der Waals surface area (Å²) >= 11 is 0. The zero-order valence-corrected chi connectivity index (χ0v) is 22.0. The first-order valence-electron chi connectivity index (χ1n) is 12.8. The van der Waals surface area contributed by atoms with E-state index in [4.69, 9.17) is 14.5 Å². The van der Waals surface area contributed by atoms with Crippen molar-refractivity contribution in [3.63, 3.8) is 0 Å². The van der Waals surface area contributed by atoms with Gasteiger partial charge in [0.05, 0.1) is 18.2 Å². The summed E-state index contributed by atoms with van der Waals surface area (Å²) in [5.41, 5.74) is 4.74. The fourth-order valence-corrected chi connectivity index (χ4v) is 4.98. The minimum atomic E-state index is -0.281. The van der Waals surface area contributed by atoms with Gasteiger partial charge < -0.3 is 30.0 Å². The number of pyridine rings is 1. The minimum Gasteiger partial charge on any atom is -0.495 e. The highest BCUT2D eigenvalue weighted by Crippen LogP contribution is 2.39. The number of fused-ring (bicyclic) bond motifs is 1. The number of piperidine rings is 1. The summed E-state index contributed by atoms with van der Waals surface area (Å²) in [7, 11) is 3.88. The number of rotatable bonds is 8. The Bertz CT molecular complexity index is 1470. The van der Waals surface area contributed by atoms with E-state index in [1.54, 1.807) is 19.2 Å². The number of carbonyl (C=O) groups is 1. The number of carbonyl (C=O) groups excluding carboxylic acids is 1. The smallest absolute Gasteiger partial charge is 0.247 e. The third kappa shape index (κ3) is 5.50. The van der Waals surface area contributed by atoms with Gasteiger partial charge in [-0.2, -0.15) is 0 Å². The monoisotopic (exact) mass is 511 g/mol. The first-order chi connectivity index (χ1) is 18.4. The van der Waals surface area contributed by atoms with E-state index in [1.165, 1.54) is 17.2 Å². The lowest BCUT2D eigenvalue weighted by Crippen LogP contribution is -2.29. The predicted octanol–water partition coefficient (Wildman–Crippen LogP) is 6.35. The van der Waals surface area contributed by atoms with Gasteiger partial charge >= 0.3 is 0 Å². The van der Waals surface area contributed by atoms with Crippen LogP contribution in [-0.2, 0) is 4.79 Å². The number of ether oxygens (including phenoxy) is 2. The van der Waals surface area contributed by atoms with Gasteiger partial charge in [0, 0.05) is 24.0 Å². The third-order valence-corrected chi connectivity index (χ3v) is 7.01. The normalized spacial score (nSPS) is 14.3. The SMILES string of the molecule is C=CC(=O)Nc1cccc(Oc2cc(Nc3cc(C)c(C4CCN(C)CC4)cc3OC)nc3[nH]ccc23)c1. The van der Waals surface area contributed by atoms with Crippen LogP contribution in [0.1, 0.15) is 29.9 Å². The molecular weight excluding hydrogens is 478 g/mol. The van der Waals surface area contributed by atoms with Gasteiger partial charge in [-0.3, -0.25) is 4.79 Å². The van der Waals surface area contributed by atoms with E-state index in [9.17, 15) is 4.79 Å². The van der Waals surface area contributed by atoms with E-state index in [-0.39, 0.29) is 5.91 Å². The first kappa shape index (κ1) is 25.4. The summed E-state index contributed by atoms with van der Waals surface area (Å²) in [6, 6.07) is 15.3. The first-order valence-corrected chi connectivity index (χ1v) is 12.8. The Balaban J connectivity index is 1.43. The molecule has 2 aromatic carbocycles. The molecule has 3 N–H and O–H groups in total. The molecule has 0 saturated carbocycles. The van der Waals surface area contributed by atoms with Gasteiger partial charge in [0.2, 0.25) is 5.91 Å². The molecule has 2 aromatic heterocycles. The van der Waals surface area contributed by atoms with Crippen molar-refractivity contribution >= 4 is 34.1 Å². The van der Waals surface area contributed by atoms with Crippen molar-refractivity contribution in [2.75, 3.05) is 37.9 Å². The molecule has 0 spiro atoms. The van der Waals surface area contributed by atoms with Crippen molar-refractivity contribution in [1.29, 1.82) is 0 Å². The fourth-order valence-electron chi connectivity index (χ4n) is 4.98. The van der Waals surface area contributed by atoms with Crippen LogP contribution < -0.4 is 20.1 Å². The Morgan fingerprint density at radius 2 is 1.97 bits per heavy atom. The second-order valence-corrected chi connectivity index (χ2v) is 9.68. The topological polar surface area (TPSA) is 91.5 Å². The number of amides is 1. The molecule has 1 amide bonds. The maximum Gasteiger partial charge on any atom is 0.247 e. The predicted molar refractivity (Wildman–Crippen MR) is 152 cm³/mol. The Hall–Kier alpha value is -4.30. The molecule has 0 bridgehead atoms. The van der Waals surface area contributed by atoms with Crippen molar-refractivity contribution in [2.45, 2.75) is 25.7 Å². The Labute approximate surface area is 222 Å². The average molecular weight is 512 g/mol. The highest BCUT2D eigenvalue weighted by molar-refractivity contribution is 5.99. The largest absolute Gasteiger partial charge is 0.495 e. The molecule has 4 aromatic rings. The second-order valence-electron chi connectivity index (χ2n) is 9.68. The Kier molecular flexibility index (Phi) is 7.33. The van der Waals surface area contributed by atoms with Gasteiger partial charge in [0.1, 0.15) is 28.7 Å². The number of aryl methyl sites for hydroxylation is 1. The van der Waals surface area contributed by atoms with Crippen molar-refractivity contribution in [3.05, 3.63) is 78.5 Å². The molecule has 5 rings (SSSR count). The standard InChI is InChI=1S/C30H33N5O3/c1-5-29(36)32-21-7-6-8-22(16-21)38-26-18-28(34-30-23(26)9-12-31-30)33-25-15-19(2)24(17-27(25)37-4)20-10-13-35(3)14-11-20/h5-9,12,15-18,20H,1,10-11,13-14H2,2-4H3,(H,32,36)(H2,31,33,34). The number of anilines is 3. The maximum absolute atomic E-state index is 11.7. The lowest BCUT2D eigenvalue weighted by Gasteiger charge is -2.30. The number of hydrogen-bond donors (Lipinski definition) is 3. The molecule has 1 aliphatic heterocycles. The van der Waals surface area contributed by atoms with Crippen LogP contribution in [0.5, 0.6) is 17.2 Å². The number of benzene rings is 2. The molecule has 3 heterocycles. The number of methoxy groups -OCH3 is 1. The van der Waals surface area contributed by atoms with Crippen LogP contribution in [-0.4, -0.2) is 48.0 Å². The molecule has 0 unspecified atom stereocenters. The van der Waals surface area contributed by atoms with Gasteiger partial charge in [-0.15, -0.1) is 0 Å². The lowest BCUT2D eigenvalue weighted by atomic mass is 9.86. The highest BCUT2D eigenvalue weighted by Gasteiger charge is 2.22. The van der Waals surface area contributed by atoms with Crippen LogP contribution in [0, 0.1) is 6.92 Å². The second kappa shape index (κ2) is 11.0. The van der Waals surface area contributed by atoms with Crippen molar-refractivity contribution in [1.82, 2.24) is 14.9 Å². The van der Waals surface area contributed by atoms with E-state index >= 15 is 0 Å². The summed E-state index contributed by atoms with van der Waals surface area (Å²) in [6.45, 7) is 7.88. The van der Waals surface area contributed by atoms with Crippen LogP contribution >= 0.6 is 0 Å². The van der Waals surface area contributed by atoms with Crippen molar-refractivity contribution in [2.24, 2.45) is 0 Å². The van der Waals surface area contributed by atoms with Crippen LogP contribution in [0.15, 0.2) is 67.4 Å². The molecule has 0 aliphatic carbocycles. The van der Waals surface area contributed by atoms with Gasteiger partial charge in [0.15, 0.2) is 0 Å². The molecule has 8 nitrogen and oxygen atoms in total. The fraction of sp³-hybridized carbons (Fsp3) is 0.267. The van der Waals surface area contributed by atoms with E-state index < -0.39 is 0 Å². The summed E-state index contributed by atoms with van der Waals surface area (Å²) in [6.07, 6.45) is 5.36. The summed E-state index contributed by atoms with van der Waals surface area (Å²) in [5.74, 6) is 2.88. The molecule has 196 valence electrons. The lowest BCUT2D eigenvalue weighted by molar-refractivity contribution is -0.111. The molecule has 0 radical (unpaired) electrons. The zero-order valence-electron chi connectivity index (χ0n) is 22.0. The molecule has 1 saturated heterocycles. The number of aromatic nitrogens is 2. The summed E-state index contributed by atoms with van der Waals surface area (Å²) in [4.78, 5) is 22.0. The third-order valence-electron chi connectivity index (χ3n) is 7.01. The van der Waals surface area contributed by atoms with E-state index in [0.717, 1.165) is 42.8 Å². The van der Waals surface area contributed by atoms with Crippen molar-refractivity contribution < 1.29 is 14.3 Å². The van der Waals surface area contributed by atoms with Gasteiger partial charge in [-0.1, -0.05) is 12.6 Å². The van der Waals surface area contributed by atoms with Crippen LogP contribution in [0.3, 0.4) is 0 Å². The molecular formula is C30H33N5O3. The van der Waals surface area contributed by atoms with Crippen LogP contribution in [0.2, 0.25) is 0 Å². The van der Waals surface area contributed by atoms with Crippen molar-refractivity contribution in [3.8, 4) is 17.2 Å². The van der Waals surface area contributed by atoms with Gasteiger partial charge in [0.25, 0.3) is 0 Å². The summed E-state index contributed by atoms with van der Waals surface area (Å²) in [5, 5.41) is 7.04. The molecule has 0 atom stereocenters. The zero-order chi connectivity index (χ0) is 26.6. The Morgan fingerprint density at radius 1 is 1.16 bits per heavy atom. The minimum absolute atomic E-state index is 0.281. The number of aromatic amines is 1. The molecule has 1 fully saturated rings. The number of nitrogens with zero attached hydrogens (tertiary/aromatic N) is 2. The number of nitrogens with one attached hydrogen (secondary N) is 3. The van der Waals surface area contributed by atoms with E-state index in [2.05, 4.69) is 53.2 Å². The van der Waals surface area contributed by atoms with E-state index in [1.807, 2.05) is 30.5 Å². The number of hydrogen-bond acceptors (Lipinski definition) is 6. The van der Waals surface area contributed by atoms with Gasteiger partial charge in [-0.25, -0.2) is 4.98 Å². The number of H-pyrrole nitrogens is 1. The van der Waals surface area contributed by atoms with Crippen LogP contribution in [0.25, 0.3) is 11.0 Å². The average Bonchev–Trinajstić information content (AvgIpc) is 3.39.